The van der Waals surface area contributed by atoms with Crippen LogP contribution in [0, 0.1) is 35.9 Å². The second-order valence-corrected chi connectivity index (χ2v) is 31.1. The molecule has 4 heterocycles. The van der Waals surface area contributed by atoms with Crippen molar-refractivity contribution in [1.29, 1.82) is 0 Å². The molecule has 0 bridgehead atoms. The molecule has 0 aliphatic heterocycles. The molecule has 0 radical (unpaired) electrons. The fourth-order valence-corrected chi connectivity index (χ4v) is 13.0. The summed E-state index contributed by atoms with van der Waals surface area (Å²) in [5.74, 6) is -0.682. The van der Waals surface area contributed by atoms with Crippen LogP contribution in [0.15, 0.2) is 279 Å². The first kappa shape index (κ1) is 118. The van der Waals surface area contributed by atoms with Crippen LogP contribution in [0.4, 0.5) is 61.5 Å². The number of hydrogen-bond acceptors (Lipinski definition) is 16. The van der Waals surface area contributed by atoms with Gasteiger partial charge in [0.2, 0.25) is 0 Å². The number of hydrogen-bond donors (Lipinski definition) is 8. The van der Waals surface area contributed by atoms with E-state index in [0.717, 1.165) is 98.7 Å². The molecule has 0 spiro atoms. The van der Waals surface area contributed by atoms with Crippen molar-refractivity contribution in [2.45, 2.75) is 155 Å². The number of benzene rings is 12. The third-order valence-corrected chi connectivity index (χ3v) is 18.9. The molecule has 138 heavy (non-hydrogen) atoms. The fraction of sp³-hybridized carbons (Fsp3) is 0.231. The minimum Gasteiger partial charge on any atom is -0.393 e. The van der Waals surface area contributed by atoms with Gasteiger partial charge in [-0.3, -0.25) is 44.3 Å². The molecule has 0 aliphatic rings. The maximum Gasteiger partial charge on any atom is 0.416 e. The third kappa shape index (κ3) is 36.9. The normalized spacial score (nSPS) is 12.8. The summed E-state index contributed by atoms with van der Waals surface area (Å²) < 4.78 is 181. The van der Waals surface area contributed by atoms with Gasteiger partial charge in [-0.05, 0) is 199 Å². The van der Waals surface area contributed by atoms with Crippen molar-refractivity contribution in [3.63, 3.8) is 0 Å². The van der Waals surface area contributed by atoms with E-state index in [2.05, 4.69) is 66.3 Å². The van der Waals surface area contributed by atoms with E-state index < -0.39 is 47.0 Å². The molecule has 0 fully saturated rings. The summed E-state index contributed by atoms with van der Waals surface area (Å²) in [5.41, 5.74) is 10.4. The van der Waals surface area contributed by atoms with Gasteiger partial charge in [-0.1, -0.05) is 115 Å². The van der Waals surface area contributed by atoms with E-state index in [1.807, 2.05) is 91.0 Å². The number of aliphatic hydroxyl groups excluding tert-OH is 8. The maximum absolute atomic E-state index is 13.2. The zero-order chi connectivity index (χ0) is 97.8. The van der Waals surface area contributed by atoms with Crippen molar-refractivity contribution in [3.8, 4) is 90.1 Å². The Morgan fingerprint density at radius 1 is 0.217 bits per heavy atom. The number of halogens is 14. The smallest absolute Gasteiger partial charge is 0.393 e. The molecule has 0 saturated heterocycles. The van der Waals surface area contributed by atoms with Crippen LogP contribution in [-0.4, -0.2) is 130 Å². The second-order valence-electron chi connectivity index (χ2n) is 31.1. The van der Waals surface area contributed by atoms with E-state index in [1.165, 1.54) is 60.7 Å². The van der Waals surface area contributed by atoms with Gasteiger partial charge < -0.3 is 40.9 Å². The van der Waals surface area contributed by atoms with E-state index in [-0.39, 0.29) is 179 Å². The van der Waals surface area contributed by atoms with Gasteiger partial charge in [-0.2, -0.15) is 52.7 Å². The first-order valence-electron chi connectivity index (χ1n) is 41.9. The molecule has 16 nitrogen and oxygen atoms in total. The van der Waals surface area contributed by atoms with Gasteiger partial charge in [0.15, 0.2) is 0 Å². The molecule has 12 aromatic carbocycles. The minimum absolute atomic E-state index is 0. The van der Waals surface area contributed by atoms with E-state index >= 15 is 0 Å². The molecule has 4 aromatic heterocycles. The van der Waals surface area contributed by atoms with Crippen LogP contribution in [-0.2, 0) is 109 Å². The second kappa shape index (κ2) is 55.4. The molecular weight excluding hydrogens is 2540 g/mol. The SMILES string of the molecule is CC(O)CC(C)O.CC(O)CC(C)O.CC(O)CC(C)O.CC(O)CC(C)O.FC(F)(F)c1c[c-]c(-c2nc3ccccc3nc2-c2ccc(C(F)(F)F)cc2)cc1.FC(F)(F)c1c[c-]c(-c2nc3ccccc3nc2-c2ccc(C(F)(F)F)cc2)cc1.Fc1c[c-]c(-c2nc3ccccc3nc2-c2ccc(F)cc2)cc1.[Pt].[Pt].[Pt].[Pt].[c-]1ccccc1-c1nc2ccccc2nc1-c1ccccc1. The van der Waals surface area contributed by atoms with Gasteiger partial charge in [-0.25, -0.2) is 4.39 Å². The molecule has 16 aromatic rings. The van der Waals surface area contributed by atoms with Crippen molar-refractivity contribution >= 4 is 44.1 Å². The maximum atomic E-state index is 13.2. The summed E-state index contributed by atoms with van der Waals surface area (Å²) in [4.78, 5) is 37.0. The molecule has 0 aliphatic carbocycles. The summed E-state index contributed by atoms with van der Waals surface area (Å²) in [6.45, 7) is 13.3. The van der Waals surface area contributed by atoms with Crippen LogP contribution in [0.2, 0.25) is 0 Å². The Balaban J connectivity index is 0.000000295. The summed E-state index contributed by atoms with van der Waals surface area (Å²) in [6, 6.07) is 83.3. The van der Waals surface area contributed by atoms with E-state index in [4.69, 9.17) is 50.8 Å². The Bertz CT molecular complexity index is 5740. The van der Waals surface area contributed by atoms with Crippen molar-refractivity contribution in [2.24, 2.45) is 0 Å². The van der Waals surface area contributed by atoms with Gasteiger partial charge >= 0.3 is 24.7 Å². The average molecular weight is 2630 g/mol. The standard InChI is InChI=1S/2C22H11F6N2.C20H11F2N2.C20H13N2.4C5H12O2.4Pt/c2*23-21(24,25)15-9-5-13(6-10-15)19-20(30-18-4-2-1-3-17(18)29-19)14-7-11-16(12-8-14)22(26,27)28;21-15-9-5-13(6-10-15)19-20(14-7-11-16(22)12-8-14)24-18-4-2-1-3-17(18)23-19;1-3-9-15(10-4-1)19-20(16-11-5-2-6-12-16)22-18-14-8-7-13-17(18)21-19;4*1-4(6)3-5(2)7;;;;/h2*1-7,9-12H;1-7,9-12H;1-11,13-14H;4*4-7H,3H2,1-2H3;;;;/q4*-1;;;;;;;;. The van der Waals surface area contributed by atoms with Gasteiger partial charge in [0.05, 0.1) is 127 Å². The van der Waals surface area contributed by atoms with Crippen molar-refractivity contribution < 1.29 is 187 Å². The minimum atomic E-state index is -4.51. The number of para-hydroxylation sites is 8. The molecule has 34 heteroatoms. The number of aliphatic hydroxyl groups is 8. The first-order chi connectivity index (χ1) is 63.4. The van der Waals surface area contributed by atoms with Crippen LogP contribution >= 0.6 is 0 Å². The summed E-state index contributed by atoms with van der Waals surface area (Å²) in [7, 11) is 0. The van der Waals surface area contributed by atoms with Crippen molar-refractivity contribution in [2.75, 3.05) is 0 Å². The van der Waals surface area contributed by atoms with E-state index in [1.54, 1.807) is 122 Å². The monoisotopic (exact) mass is 2630 g/mol. The van der Waals surface area contributed by atoms with Gasteiger partial charge in [0.1, 0.15) is 5.82 Å². The summed E-state index contributed by atoms with van der Waals surface area (Å²) >= 11 is 0. The Morgan fingerprint density at radius 2 is 0.420 bits per heavy atom. The molecular formula is C104H94F14N8O8Pt4-4. The Labute approximate surface area is 846 Å². The quantitative estimate of drug-likeness (QED) is 0.0330. The fourth-order valence-electron chi connectivity index (χ4n) is 13.0. The number of aromatic nitrogens is 8. The van der Waals surface area contributed by atoms with Crippen LogP contribution in [0.1, 0.15) is 103 Å². The molecule has 740 valence electrons. The number of fused-ring (bicyclic) bond motifs is 4. The largest absolute Gasteiger partial charge is 0.416 e. The Kier molecular flexibility index (Phi) is 47.4. The summed E-state index contributed by atoms with van der Waals surface area (Å²) in [6.07, 6.45) is -19.1. The predicted molar refractivity (Wildman–Crippen MR) is 489 cm³/mol. The van der Waals surface area contributed by atoms with Crippen molar-refractivity contribution in [3.05, 3.63) is 337 Å². The predicted octanol–water partition coefficient (Wildman–Crippen LogP) is 24.0. The van der Waals surface area contributed by atoms with Crippen LogP contribution < -0.4 is 0 Å². The molecule has 0 saturated carbocycles. The van der Waals surface area contributed by atoms with Gasteiger partial charge in [0.25, 0.3) is 0 Å². The van der Waals surface area contributed by atoms with E-state index in [9.17, 15) is 61.5 Å². The third-order valence-electron chi connectivity index (χ3n) is 18.9. The zero-order valence-electron chi connectivity index (χ0n) is 74.7. The average Bonchev–Trinajstić information content (AvgIpc) is 0.799. The Morgan fingerprint density at radius 3 is 0.630 bits per heavy atom. The number of alkyl halides is 12. The van der Waals surface area contributed by atoms with E-state index in [0.29, 0.717) is 75.8 Å². The van der Waals surface area contributed by atoms with Gasteiger partial charge in [-0.15, -0.1) is 125 Å². The molecule has 8 unspecified atom stereocenters. The molecule has 8 N–H and O–H groups in total. The summed E-state index contributed by atoms with van der Waals surface area (Å²) in [5, 5.41) is 68.5. The number of nitrogens with zero attached hydrogens (tertiary/aromatic N) is 8. The molecule has 0 amide bonds. The van der Waals surface area contributed by atoms with Gasteiger partial charge in [0, 0.05) is 113 Å². The molecule has 16 rings (SSSR count). The Hall–Kier alpha value is -10.5. The number of rotatable bonds is 16. The molecule has 8 atom stereocenters. The van der Waals surface area contributed by atoms with Crippen LogP contribution in [0.3, 0.4) is 0 Å². The topological polar surface area (TPSA) is 265 Å². The zero-order valence-corrected chi connectivity index (χ0v) is 83.8. The first-order valence-corrected chi connectivity index (χ1v) is 41.9. The van der Waals surface area contributed by atoms with Crippen LogP contribution in [0.25, 0.3) is 134 Å². The van der Waals surface area contributed by atoms with Crippen molar-refractivity contribution in [1.82, 2.24) is 39.9 Å². The van der Waals surface area contributed by atoms with Crippen LogP contribution in [0.5, 0.6) is 0 Å².